The fraction of sp³-hybridized carbons (Fsp3) is 0.600. The molecule has 116 valence electrons. The summed E-state index contributed by atoms with van der Waals surface area (Å²) in [6, 6.07) is 0. The van der Waals surface area contributed by atoms with Gasteiger partial charge < -0.3 is 0 Å². The van der Waals surface area contributed by atoms with Crippen molar-refractivity contribution < 1.29 is 0 Å². The predicted molar refractivity (Wildman–Crippen MR) is 98.8 cm³/mol. The molecule has 0 nitrogen and oxygen atoms in total. The molecule has 0 fully saturated rings. The summed E-state index contributed by atoms with van der Waals surface area (Å²) in [5, 5.41) is 0. The average molecular weight is 301 g/mol. The molecule has 0 heterocycles. The van der Waals surface area contributed by atoms with Gasteiger partial charge in [-0.05, 0) is 22.0 Å². The topological polar surface area (TPSA) is 0 Å². The van der Waals surface area contributed by atoms with Crippen LogP contribution in [0.25, 0.3) is 0 Å². The van der Waals surface area contributed by atoms with Gasteiger partial charge in [-0.2, -0.15) is 0 Å². The van der Waals surface area contributed by atoms with Gasteiger partial charge in [0.25, 0.3) is 0 Å². The van der Waals surface area contributed by atoms with Gasteiger partial charge in [0.15, 0.2) is 0 Å². The maximum absolute atomic E-state index is 3.59. The van der Waals surface area contributed by atoms with Crippen LogP contribution in [-0.2, 0) is 0 Å². The van der Waals surface area contributed by atoms with E-state index in [2.05, 4.69) is 97.0 Å². The maximum atomic E-state index is 3.59. The lowest BCUT2D eigenvalue weighted by Gasteiger charge is -2.27. The number of allylic oxidation sites excluding steroid dienone is 6. The highest BCUT2D eigenvalue weighted by Gasteiger charge is 2.26. The molecule has 0 aromatic heterocycles. The quantitative estimate of drug-likeness (QED) is 0.380. The molecule has 0 bridgehead atoms. The molecule has 0 saturated carbocycles. The Bertz CT molecular complexity index is 526. The molecule has 0 amide bonds. The Labute approximate surface area is 133 Å². The molecule has 1 atom stereocenters. The third-order valence-corrected chi connectivity index (χ3v) is 4.46. The second-order valence-corrected chi connectivity index (χ2v) is 13.9. The van der Waals surface area contributed by atoms with Crippen LogP contribution in [0.4, 0.5) is 0 Å². The normalized spacial score (nSPS) is 20.1. The molecular formula is C20H32Si. The van der Waals surface area contributed by atoms with Gasteiger partial charge in [-0.1, -0.05) is 91.4 Å². The molecular weight excluding hydrogens is 268 g/mol. The van der Waals surface area contributed by atoms with Crippen LogP contribution in [-0.4, -0.2) is 8.07 Å². The summed E-state index contributed by atoms with van der Waals surface area (Å²) in [5.41, 5.74) is 6.68. The highest BCUT2D eigenvalue weighted by molar-refractivity contribution is 6.83. The van der Waals surface area contributed by atoms with E-state index in [1.807, 2.05) is 0 Å². The molecule has 21 heavy (non-hydrogen) atoms. The van der Waals surface area contributed by atoms with Gasteiger partial charge in [-0.15, -0.1) is 5.54 Å². The molecule has 1 heteroatoms. The van der Waals surface area contributed by atoms with Crippen LogP contribution in [0.15, 0.2) is 35.5 Å². The molecule has 0 aliphatic heterocycles. The minimum Gasteiger partial charge on any atom is -0.131 e. The van der Waals surface area contributed by atoms with Crippen molar-refractivity contribution >= 4 is 8.07 Å². The summed E-state index contributed by atoms with van der Waals surface area (Å²) in [4.78, 5) is 0. The first kappa shape index (κ1) is 18.0. The van der Waals surface area contributed by atoms with Gasteiger partial charge in [0, 0.05) is 0 Å². The molecule has 0 radical (unpaired) electrons. The van der Waals surface area contributed by atoms with E-state index in [0.29, 0.717) is 0 Å². The molecule has 1 aliphatic rings. The van der Waals surface area contributed by atoms with E-state index in [-0.39, 0.29) is 16.7 Å². The maximum Gasteiger partial charge on any atom is 0.129 e. The van der Waals surface area contributed by atoms with Gasteiger partial charge in [0.2, 0.25) is 0 Å². The summed E-state index contributed by atoms with van der Waals surface area (Å²) in [7, 11) is -1.35. The largest absolute Gasteiger partial charge is 0.131 e. The third-order valence-electron chi connectivity index (χ3n) is 3.57. The first-order chi connectivity index (χ1) is 9.31. The Balaban J connectivity index is 3.35. The molecule has 0 saturated heterocycles. The average Bonchev–Trinajstić information content (AvgIpc) is 2.45. The fourth-order valence-corrected chi connectivity index (χ4v) is 2.90. The number of hydrogen-bond acceptors (Lipinski definition) is 0. The van der Waals surface area contributed by atoms with Crippen molar-refractivity contribution in [1.82, 2.24) is 0 Å². The SMILES string of the molecule is CC(C)(C)C1=CC(C#C[Si](C)(C)C)C(C(C)(C)C)=CC=C1. The first-order valence-electron chi connectivity index (χ1n) is 7.94. The zero-order chi connectivity index (χ0) is 16.5. The van der Waals surface area contributed by atoms with Crippen LogP contribution in [0.3, 0.4) is 0 Å². The van der Waals surface area contributed by atoms with E-state index in [0.717, 1.165) is 0 Å². The lowest BCUT2D eigenvalue weighted by molar-refractivity contribution is 0.471. The molecule has 0 aromatic rings. The molecule has 1 rings (SSSR count). The lowest BCUT2D eigenvalue weighted by atomic mass is 9.77. The summed E-state index contributed by atoms with van der Waals surface area (Å²) in [6.45, 7) is 20.6. The van der Waals surface area contributed by atoms with Crippen molar-refractivity contribution in [3.63, 3.8) is 0 Å². The summed E-state index contributed by atoms with van der Waals surface area (Å²) in [6.07, 6.45) is 9.11. The van der Waals surface area contributed by atoms with Crippen molar-refractivity contribution in [2.45, 2.75) is 61.2 Å². The van der Waals surface area contributed by atoms with Gasteiger partial charge in [-0.25, -0.2) is 0 Å². The van der Waals surface area contributed by atoms with Gasteiger partial charge in [0.05, 0.1) is 5.92 Å². The number of rotatable bonds is 0. The van der Waals surface area contributed by atoms with Crippen molar-refractivity contribution in [3.05, 3.63) is 35.5 Å². The smallest absolute Gasteiger partial charge is 0.129 e. The second-order valence-electron chi connectivity index (χ2n) is 9.10. The van der Waals surface area contributed by atoms with E-state index in [4.69, 9.17) is 0 Å². The van der Waals surface area contributed by atoms with Crippen molar-refractivity contribution in [1.29, 1.82) is 0 Å². The molecule has 1 unspecified atom stereocenters. The van der Waals surface area contributed by atoms with E-state index in [9.17, 15) is 0 Å². The first-order valence-corrected chi connectivity index (χ1v) is 11.4. The van der Waals surface area contributed by atoms with Crippen molar-refractivity contribution in [2.75, 3.05) is 0 Å². The Morgan fingerprint density at radius 1 is 0.952 bits per heavy atom. The zero-order valence-corrected chi connectivity index (χ0v) is 16.4. The van der Waals surface area contributed by atoms with Crippen LogP contribution in [0.2, 0.25) is 19.6 Å². The Morgan fingerprint density at radius 2 is 1.52 bits per heavy atom. The van der Waals surface area contributed by atoms with Gasteiger partial charge in [0.1, 0.15) is 8.07 Å². The summed E-state index contributed by atoms with van der Waals surface area (Å²) >= 11 is 0. The van der Waals surface area contributed by atoms with E-state index in [1.54, 1.807) is 0 Å². The molecule has 0 N–H and O–H groups in total. The van der Waals surface area contributed by atoms with Crippen LogP contribution in [0.5, 0.6) is 0 Å². The summed E-state index contributed by atoms with van der Waals surface area (Å²) in [5.74, 6) is 3.82. The lowest BCUT2D eigenvalue weighted by Crippen LogP contribution is -2.20. The minimum atomic E-state index is -1.35. The monoisotopic (exact) mass is 300 g/mol. The van der Waals surface area contributed by atoms with E-state index < -0.39 is 8.07 Å². The highest BCUT2D eigenvalue weighted by atomic mass is 28.3. The Kier molecular flexibility index (Phi) is 5.16. The van der Waals surface area contributed by atoms with Crippen LogP contribution in [0, 0.1) is 28.2 Å². The predicted octanol–water partition coefficient (Wildman–Crippen LogP) is 6.00. The number of hydrogen-bond donors (Lipinski definition) is 0. The highest BCUT2D eigenvalue weighted by Crippen LogP contribution is 2.37. The Hall–Kier alpha value is -1.00. The van der Waals surface area contributed by atoms with Crippen LogP contribution < -0.4 is 0 Å². The summed E-state index contributed by atoms with van der Waals surface area (Å²) < 4.78 is 0. The minimum absolute atomic E-state index is 0.146. The van der Waals surface area contributed by atoms with E-state index in [1.165, 1.54) is 11.1 Å². The Morgan fingerprint density at radius 3 is 1.95 bits per heavy atom. The zero-order valence-electron chi connectivity index (χ0n) is 15.4. The molecule has 1 aliphatic carbocycles. The second kappa shape index (κ2) is 6.01. The molecule has 0 aromatic carbocycles. The van der Waals surface area contributed by atoms with Gasteiger partial charge in [-0.3, -0.25) is 0 Å². The fourth-order valence-electron chi connectivity index (χ4n) is 2.31. The van der Waals surface area contributed by atoms with Crippen LogP contribution >= 0.6 is 0 Å². The van der Waals surface area contributed by atoms with E-state index >= 15 is 0 Å². The van der Waals surface area contributed by atoms with Gasteiger partial charge >= 0.3 is 0 Å². The third kappa shape index (κ3) is 5.71. The standard InChI is InChI=1S/C20H32Si/c1-19(2,3)17-11-10-12-18(20(4,5)6)16(15-17)13-14-21(7,8)9/h10-12,15-16H,1-9H3. The van der Waals surface area contributed by atoms with Crippen molar-refractivity contribution in [2.24, 2.45) is 16.7 Å². The van der Waals surface area contributed by atoms with Crippen LogP contribution in [0.1, 0.15) is 41.5 Å². The van der Waals surface area contributed by atoms with Crippen molar-refractivity contribution in [3.8, 4) is 11.5 Å². The molecule has 0 spiro atoms.